The third-order valence-corrected chi connectivity index (χ3v) is 2.45. The van der Waals surface area contributed by atoms with Crippen LogP contribution in [0.2, 0.25) is 0 Å². The van der Waals surface area contributed by atoms with Crippen LogP contribution in [0.5, 0.6) is 0 Å². The molecule has 0 amide bonds. The van der Waals surface area contributed by atoms with Gasteiger partial charge in [-0.1, -0.05) is 5.57 Å². The molecule has 1 saturated heterocycles. The summed E-state index contributed by atoms with van der Waals surface area (Å²) in [5.74, 6) is -0.125. The molecule has 1 atom stereocenters. The second kappa shape index (κ2) is 4.94. The van der Waals surface area contributed by atoms with Gasteiger partial charge in [-0.05, 0) is 32.3 Å². The average molecular weight is 196 g/mol. The van der Waals surface area contributed by atoms with Crippen LogP contribution in [-0.4, -0.2) is 18.4 Å². The Morgan fingerprint density at radius 2 is 2.29 bits per heavy atom. The summed E-state index contributed by atoms with van der Waals surface area (Å²) in [6.07, 6.45) is 3.31. The van der Waals surface area contributed by atoms with Gasteiger partial charge in [0.1, 0.15) is 12.4 Å². The number of carbonyl (C=O) groups is 2. The summed E-state index contributed by atoms with van der Waals surface area (Å²) in [6.45, 7) is 3.98. The SMILES string of the molecule is CC(C)=C(CCC=O)C1CCC(=O)O1. The number of hydrogen-bond acceptors (Lipinski definition) is 3. The predicted molar refractivity (Wildman–Crippen MR) is 52.8 cm³/mol. The highest BCUT2D eigenvalue weighted by molar-refractivity contribution is 5.72. The van der Waals surface area contributed by atoms with Gasteiger partial charge < -0.3 is 9.53 Å². The Kier molecular flexibility index (Phi) is 3.86. The summed E-state index contributed by atoms with van der Waals surface area (Å²) in [5.41, 5.74) is 2.27. The van der Waals surface area contributed by atoms with Crippen molar-refractivity contribution < 1.29 is 14.3 Å². The van der Waals surface area contributed by atoms with Gasteiger partial charge in [0.15, 0.2) is 0 Å². The number of cyclic esters (lactones) is 1. The van der Waals surface area contributed by atoms with Gasteiger partial charge >= 0.3 is 5.97 Å². The molecular weight excluding hydrogens is 180 g/mol. The second-order valence-corrected chi connectivity index (χ2v) is 3.75. The van der Waals surface area contributed by atoms with Gasteiger partial charge in [0.25, 0.3) is 0 Å². The number of esters is 1. The van der Waals surface area contributed by atoms with Crippen LogP contribution in [0.4, 0.5) is 0 Å². The maximum Gasteiger partial charge on any atom is 0.306 e. The molecule has 1 aliphatic rings. The molecule has 0 aliphatic carbocycles. The smallest absolute Gasteiger partial charge is 0.306 e. The van der Waals surface area contributed by atoms with Gasteiger partial charge in [-0.25, -0.2) is 0 Å². The zero-order valence-electron chi connectivity index (χ0n) is 8.71. The Labute approximate surface area is 84.1 Å². The fourth-order valence-corrected chi connectivity index (χ4v) is 1.72. The van der Waals surface area contributed by atoms with E-state index in [0.717, 1.165) is 23.9 Å². The van der Waals surface area contributed by atoms with Gasteiger partial charge in [0.2, 0.25) is 0 Å². The molecule has 1 unspecified atom stereocenters. The van der Waals surface area contributed by atoms with Crippen molar-refractivity contribution in [3.05, 3.63) is 11.1 Å². The van der Waals surface area contributed by atoms with E-state index in [1.165, 1.54) is 0 Å². The minimum absolute atomic E-state index is 0.0764. The molecule has 0 aromatic heterocycles. The van der Waals surface area contributed by atoms with E-state index < -0.39 is 0 Å². The van der Waals surface area contributed by atoms with Crippen LogP contribution in [0.15, 0.2) is 11.1 Å². The first-order valence-electron chi connectivity index (χ1n) is 4.94. The lowest BCUT2D eigenvalue weighted by Crippen LogP contribution is -2.12. The van der Waals surface area contributed by atoms with E-state index in [0.29, 0.717) is 19.3 Å². The molecule has 1 fully saturated rings. The van der Waals surface area contributed by atoms with E-state index in [2.05, 4.69) is 0 Å². The lowest BCUT2D eigenvalue weighted by atomic mass is 9.98. The van der Waals surface area contributed by atoms with Crippen LogP contribution >= 0.6 is 0 Å². The van der Waals surface area contributed by atoms with Gasteiger partial charge in [-0.2, -0.15) is 0 Å². The number of aldehydes is 1. The van der Waals surface area contributed by atoms with Crippen molar-refractivity contribution in [2.45, 2.75) is 45.6 Å². The molecular formula is C11H16O3. The summed E-state index contributed by atoms with van der Waals surface area (Å²) in [4.78, 5) is 21.2. The van der Waals surface area contributed by atoms with Crippen LogP contribution in [0, 0.1) is 0 Å². The molecule has 3 heteroatoms. The number of hydrogen-bond donors (Lipinski definition) is 0. The highest BCUT2D eigenvalue weighted by atomic mass is 16.5. The number of ether oxygens (including phenoxy) is 1. The minimum Gasteiger partial charge on any atom is -0.458 e. The number of rotatable bonds is 4. The first-order chi connectivity index (χ1) is 6.65. The fraction of sp³-hybridized carbons (Fsp3) is 0.636. The van der Waals surface area contributed by atoms with E-state index in [9.17, 15) is 9.59 Å². The summed E-state index contributed by atoms with van der Waals surface area (Å²) >= 11 is 0. The van der Waals surface area contributed by atoms with E-state index in [-0.39, 0.29) is 12.1 Å². The standard InChI is InChI=1S/C11H16O3/c1-8(2)9(4-3-7-12)10-5-6-11(13)14-10/h7,10H,3-6H2,1-2H3. The maximum atomic E-state index is 10.9. The summed E-state index contributed by atoms with van der Waals surface area (Å²) in [7, 11) is 0. The van der Waals surface area contributed by atoms with E-state index in [4.69, 9.17) is 4.74 Å². The van der Waals surface area contributed by atoms with Gasteiger partial charge in [-0.3, -0.25) is 4.79 Å². The largest absolute Gasteiger partial charge is 0.458 e. The fourth-order valence-electron chi connectivity index (χ4n) is 1.72. The molecule has 0 N–H and O–H groups in total. The Bertz CT molecular complexity index is 262. The van der Waals surface area contributed by atoms with Crippen LogP contribution < -0.4 is 0 Å². The Balaban J connectivity index is 2.64. The number of allylic oxidation sites excluding steroid dienone is 1. The van der Waals surface area contributed by atoms with Gasteiger partial charge in [0.05, 0.1) is 0 Å². The molecule has 1 rings (SSSR count). The molecule has 0 saturated carbocycles. The van der Waals surface area contributed by atoms with Gasteiger partial charge in [-0.15, -0.1) is 0 Å². The Morgan fingerprint density at radius 3 is 2.71 bits per heavy atom. The molecule has 78 valence electrons. The summed E-state index contributed by atoms with van der Waals surface area (Å²) < 4.78 is 5.17. The normalized spacial score (nSPS) is 20.4. The highest BCUT2D eigenvalue weighted by Crippen LogP contribution is 2.26. The van der Waals surface area contributed by atoms with Gasteiger partial charge in [0, 0.05) is 12.8 Å². The second-order valence-electron chi connectivity index (χ2n) is 3.75. The number of carbonyl (C=O) groups excluding carboxylic acids is 2. The maximum absolute atomic E-state index is 10.9. The Morgan fingerprint density at radius 1 is 1.57 bits per heavy atom. The quantitative estimate of drug-likeness (QED) is 0.392. The predicted octanol–water partition coefficient (Wildman–Crippen LogP) is 2.01. The molecule has 0 spiro atoms. The molecule has 1 heterocycles. The first-order valence-corrected chi connectivity index (χ1v) is 4.94. The molecule has 1 aliphatic heterocycles. The minimum atomic E-state index is -0.125. The summed E-state index contributed by atoms with van der Waals surface area (Å²) in [6, 6.07) is 0. The van der Waals surface area contributed by atoms with E-state index >= 15 is 0 Å². The topological polar surface area (TPSA) is 43.4 Å². The van der Waals surface area contributed by atoms with Crippen LogP contribution in [0.25, 0.3) is 0 Å². The van der Waals surface area contributed by atoms with Crippen LogP contribution in [0.1, 0.15) is 39.5 Å². The van der Waals surface area contributed by atoms with Crippen LogP contribution in [-0.2, 0) is 14.3 Å². The third-order valence-electron chi connectivity index (χ3n) is 2.45. The van der Waals surface area contributed by atoms with E-state index in [1.807, 2.05) is 13.8 Å². The molecule has 3 nitrogen and oxygen atoms in total. The molecule has 0 radical (unpaired) electrons. The first kappa shape index (κ1) is 11.0. The summed E-state index contributed by atoms with van der Waals surface area (Å²) in [5, 5.41) is 0. The third kappa shape index (κ3) is 2.69. The lowest BCUT2D eigenvalue weighted by molar-refractivity contribution is -0.140. The van der Waals surface area contributed by atoms with Crippen molar-refractivity contribution in [2.75, 3.05) is 0 Å². The zero-order valence-corrected chi connectivity index (χ0v) is 8.71. The van der Waals surface area contributed by atoms with Crippen molar-refractivity contribution in [3.8, 4) is 0 Å². The molecule has 0 aromatic rings. The highest BCUT2D eigenvalue weighted by Gasteiger charge is 2.26. The van der Waals surface area contributed by atoms with E-state index in [1.54, 1.807) is 0 Å². The van der Waals surface area contributed by atoms with Crippen molar-refractivity contribution in [1.29, 1.82) is 0 Å². The molecule has 14 heavy (non-hydrogen) atoms. The zero-order chi connectivity index (χ0) is 10.6. The van der Waals surface area contributed by atoms with Crippen molar-refractivity contribution in [1.82, 2.24) is 0 Å². The molecule has 0 bridgehead atoms. The average Bonchev–Trinajstić information content (AvgIpc) is 2.52. The van der Waals surface area contributed by atoms with Crippen molar-refractivity contribution >= 4 is 12.3 Å². The van der Waals surface area contributed by atoms with Crippen LogP contribution in [0.3, 0.4) is 0 Å². The molecule has 0 aromatic carbocycles. The van der Waals surface area contributed by atoms with Crippen molar-refractivity contribution in [2.24, 2.45) is 0 Å². The van der Waals surface area contributed by atoms with Crippen molar-refractivity contribution in [3.63, 3.8) is 0 Å². The Hall–Kier alpha value is -1.12. The monoisotopic (exact) mass is 196 g/mol. The lowest BCUT2D eigenvalue weighted by Gasteiger charge is -2.15.